The molecule has 1 aliphatic heterocycles. The number of hydrogen-bond donors (Lipinski definition) is 3. The molecular formula is C23H15Cl2F3N2O4. The molecule has 0 saturated heterocycles. The SMILES string of the molecule is O=C(O)CNC(=O)c1ccc(C2=CC(c3cc(Cl)cc(Cl)c3)(C(F)(F)F)ON2)c2ccccc12. The van der Waals surface area contributed by atoms with Crippen LogP contribution in [0.5, 0.6) is 0 Å². The van der Waals surface area contributed by atoms with Crippen LogP contribution in [0.2, 0.25) is 10.0 Å². The smallest absolute Gasteiger partial charge is 0.428 e. The van der Waals surface area contributed by atoms with Gasteiger partial charge in [-0.15, -0.1) is 0 Å². The number of nitrogens with one attached hydrogen (secondary N) is 2. The number of amides is 1. The second-order valence-electron chi connectivity index (χ2n) is 7.44. The van der Waals surface area contributed by atoms with Crippen molar-refractivity contribution in [1.29, 1.82) is 0 Å². The van der Waals surface area contributed by atoms with Crippen molar-refractivity contribution in [2.45, 2.75) is 11.8 Å². The standard InChI is InChI=1S/C23H15Cl2F3N2O4/c24-13-7-12(8-14(25)9-13)22(23(26,27)28)10-19(30-34-22)17-5-6-18(21(33)29-11-20(31)32)16-4-2-1-3-15(16)17/h1-10,30H,11H2,(H,29,33)(H,31,32). The quantitative estimate of drug-likeness (QED) is 0.433. The summed E-state index contributed by atoms with van der Waals surface area (Å²) in [6.45, 7) is -0.578. The molecule has 1 atom stereocenters. The molecule has 0 aromatic heterocycles. The maximum absolute atomic E-state index is 14.3. The van der Waals surface area contributed by atoms with Gasteiger partial charge in [0.1, 0.15) is 6.54 Å². The van der Waals surface area contributed by atoms with Crippen LogP contribution in [0.3, 0.4) is 0 Å². The third kappa shape index (κ3) is 4.29. The molecule has 11 heteroatoms. The summed E-state index contributed by atoms with van der Waals surface area (Å²) in [6, 6.07) is 13.0. The van der Waals surface area contributed by atoms with Crippen LogP contribution in [-0.4, -0.2) is 29.7 Å². The highest BCUT2D eigenvalue weighted by Crippen LogP contribution is 2.48. The summed E-state index contributed by atoms with van der Waals surface area (Å²) in [7, 11) is 0. The zero-order valence-electron chi connectivity index (χ0n) is 17.0. The Hall–Kier alpha value is -3.27. The Balaban J connectivity index is 1.84. The Kier molecular flexibility index (Phi) is 6.20. The van der Waals surface area contributed by atoms with E-state index in [-0.39, 0.29) is 26.9 Å². The zero-order valence-corrected chi connectivity index (χ0v) is 18.6. The molecule has 3 N–H and O–H groups in total. The lowest BCUT2D eigenvalue weighted by Gasteiger charge is -2.28. The topological polar surface area (TPSA) is 87.7 Å². The highest BCUT2D eigenvalue weighted by atomic mass is 35.5. The van der Waals surface area contributed by atoms with Crippen molar-refractivity contribution in [1.82, 2.24) is 10.8 Å². The van der Waals surface area contributed by atoms with E-state index in [1.807, 2.05) is 0 Å². The molecule has 3 aromatic rings. The maximum Gasteiger partial charge on any atom is 0.428 e. The van der Waals surface area contributed by atoms with Crippen molar-refractivity contribution in [3.63, 3.8) is 0 Å². The van der Waals surface area contributed by atoms with Crippen molar-refractivity contribution < 1.29 is 32.7 Å². The number of aliphatic carboxylic acids is 1. The van der Waals surface area contributed by atoms with Gasteiger partial charge in [0.15, 0.2) is 0 Å². The number of halogens is 5. The number of alkyl halides is 3. The molecule has 1 heterocycles. The van der Waals surface area contributed by atoms with Gasteiger partial charge in [-0.25, -0.2) is 0 Å². The highest BCUT2D eigenvalue weighted by molar-refractivity contribution is 6.34. The van der Waals surface area contributed by atoms with Crippen molar-refractivity contribution >= 4 is 51.5 Å². The first-order chi connectivity index (χ1) is 16.0. The van der Waals surface area contributed by atoms with Gasteiger partial charge in [-0.05, 0) is 41.1 Å². The van der Waals surface area contributed by atoms with E-state index in [0.29, 0.717) is 16.3 Å². The van der Waals surface area contributed by atoms with Crippen molar-refractivity contribution in [3.05, 3.63) is 87.4 Å². The lowest BCUT2D eigenvalue weighted by Crippen LogP contribution is -2.42. The highest BCUT2D eigenvalue weighted by Gasteiger charge is 2.59. The summed E-state index contributed by atoms with van der Waals surface area (Å²) in [5.41, 5.74) is -0.288. The van der Waals surface area contributed by atoms with Crippen LogP contribution in [-0.2, 0) is 15.2 Å². The third-order valence-corrected chi connectivity index (χ3v) is 5.68. The van der Waals surface area contributed by atoms with Crippen molar-refractivity contribution in [3.8, 4) is 0 Å². The van der Waals surface area contributed by atoms with Crippen molar-refractivity contribution in [2.24, 2.45) is 0 Å². The molecule has 3 aromatic carbocycles. The number of benzene rings is 3. The second-order valence-corrected chi connectivity index (χ2v) is 8.31. The van der Waals surface area contributed by atoms with Gasteiger partial charge in [-0.1, -0.05) is 53.5 Å². The van der Waals surface area contributed by atoms with Gasteiger partial charge in [-0.2, -0.15) is 13.2 Å². The van der Waals surface area contributed by atoms with Gasteiger partial charge in [-0.3, -0.25) is 19.9 Å². The van der Waals surface area contributed by atoms with E-state index in [1.165, 1.54) is 18.2 Å². The largest absolute Gasteiger partial charge is 0.480 e. The Labute approximate surface area is 200 Å². The number of carboxylic acids is 1. The summed E-state index contributed by atoms with van der Waals surface area (Å²) in [4.78, 5) is 28.4. The normalized spacial score (nSPS) is 17.9. The van der Waals surface area contributed by atoms with Crippen LogP contribution < -0.4 is 10.8 Å². The molecule has 0 radical (unpaired) electrons. The molecule has 1 aliphatic rings. The Morgan fingerprint density at radius 2 is 1.68 bits per heavy atom. The lowest BCUT2D eigenvalue weighted by molar-refractivity contribution is -0.269. The third-order valence-electron chi connectivity index (χ3n) is 5.24. The molecule has 1 amide bonds. The van der Waals surface area contributed by atoms with Crippen LogP contribution in [0.4, 0.5) is 13.2 Å². The van der Waals surface area contributed by atoms with Crippen LogP contribution in [0, 0.1) is 0 Å². The summed E-state index contributed by atoms with van der Waals surface area (Å²) in [6.07, 6.45) is -3.98. The van der Waals surface area contributed by atoms with Gasteiger partial charge < -0.3 is 10.4 Å². The first kappa shape index (κ1) is 23.9. The number of hydrogen-bond acceptors (Lipinski definition) is 4. The van der Waals surface area contributed by atoms with Gasteiger partial charge >= 0.3 is 12.1 Å². The summed E-state index contributed by atoms with van der Waals surface area (Å²) >= 11 is 11.9. The minimum absolute atomic E-state index is 0.0127. The molecule has 1 unspecified atom stereocenters. The number of rotatable bonds is 5. The minimum Gasteiger partial charge on any atom is -0.480 e. The average molecular weight is 511 g/mol. The Morgan fingerprint density at radius 1 is 1.03 bits per heavy atom. The van der Waals surface area contributed by atoms with Crippen LogP contribution in [0.15, 0.2) is 60.7 Å². The van der Waals surface area contributed by atoms with E-state index in [1.54, 1.807) is 24.3 Å². The molecule has 0 fully saturated rings. The molecule has 0 bridgehead atoms. The average Bonchev–Trinajstić information content (AvgIpc) is 3.23. The molecule has 176 valence electrons. The summed E-state index contributed by atoms with van der Waals surface area (Å²) < 4.78 is 42.9. The fraction of sp³-hybridized carbons (Fsp3) is 0.130. The van der Waals surface area contributed by atoms with Crippen LogP contribution >= 0.6 is 23.2 Å². The van der Waals surface area contributed by atoms with E-state index in [4.69, 9.17) is 33.1 Å². The summed E-state index contributed by atoms with van der Waals surface area (Å²) in [5, 5.41) is 12.0. The number of hydroxylamine groups is 1. The molecule has 34 heavy (non-hydrogen) atoms. The van der Waals surface area contributed by atoms with E-state index in [9.17, 15) is 22.8 Å². The first-order valence-electron chi connectivity index (χ1n) is 9.74. The fourth-order valence-electron chi connectivity index (χ4n) is 3.73. The monoisotopic (exact) mass is 510 g/mol. The van der Waals surface area contributed by atoms with Crippen LogP contribution in [0.1, 0.15) is 21.5 Å². The molecular weight excluding hydrogens is 496 g/mol. The number of carboxylic acid groups (broad SMARTS) is 1. The minimum atomic E-state index is -4.87. The molecule has 0 spiro atoms. The van der Waals surface area contributed by atoms with Crippen LogP contribution in [0.25, 0.3) is 16.5 Å². The predicted octanol–water partition coefficient (Wildman–Crippen LogP) is 5.29. The maximum atomic E-state index is 14.3. The Bertz CT molecular complexity index is 1320. The molecule has 4 rings (SSSR count). The number of carbonyl (C=O) groups is 2. The molecule has 0 aliphatic carbocycles. The zero-order chi connectivity index (χ0) is 24.7. The fourth-order valence-corrected chi connectivity index (χ4v) is 4.25. The van der Waals surface area contributed by atoms with Gasteiger partial charge in [0.2, 0.25) is 5.60 Å². The molecule has 6 nitrogen and oxygen atoms in total. The van der Waals surface area contributed by atoms with E-state index >= 15 is 0 Å². The number of fused-ring (bicyclic) bond motifs is 1. The van der Waals surface area contributed by atoms with E-state index < -0.39 is 30.2 Å². The molecule has 0 saturated carbocycles. The van der Waals surface area contributed by atoms with E-state index in [0.717, 1.165) is 18.2 Å². The second kappa shape index (κ2) is 8.83. The Morgan fingerprint density at radius 3 is 2.29 bits per heavy atom. The van der Waals surface area contributed by atoms with Gasteiger partial charge in [0.05, 0.1) is 5.70 Å². The van der Waals surface area contributed by atoms with Gasteiger partial charge in [0.25, 0.3) is 5.91 Å². The first-order valence-corrected chi connectivity index (χ1v) is 10.5. The predicted molar refractivity (Wildman–Crippen MR) is 120 cm³/mol. The number of carbonyl (C=O) groups excluding carboxylic acids is 1. The van der Waals surface area contributed by atoms with E-state index in [2.05, 4.69) is 10.8 Å². The lowest BCUT2D eigenvalue weighted by atomic mass is 9.90. The van der Waals surface area contributed by atoms with Gasteiger partial charge in [0, 0.05) is 26.7 Å². The summed E-state index contributed by atoms with van der Waals surface area (Å²) in [5.74, 6) is -1.84. The van der Waals surface area contributed by atoms with Crippen molar-refractivity contribution in [2.75, 3.05) is 6.54 Å².